The van der Waals surface area contributed by atoms with Gasteiger partial charge in [-0.1, -0.05) is 23.2 Å². The molecule has 0 unspecified atom stereocenters. The Morgan fingerprint density at radius 2 is 1.67 bits per heavy atom. The van der Waals surface area contributed by atoms with Crippen molar-refractivity contribution in [3.63, 3.8) is 0 Å². The summed E-state index contributed by atoms with van der Waals surface area (Å²) in [5, 5.41) is 14.0. The van der Waals surface area contributed by atoms with Gasteiger partial charge in [-0.05, 0) is 42.5 Å². The maximum atomic E-state index is 11.9. The van der Waals surface area contributed by atoms with E-state index in [1.54, 1.807) is 0 Å². The summed E-state index contributed by atoms with van der Waals surface area (Å²) in [7, 11) is -3.79. The number of phenols is 1. The second kappa shape index (κ2) is 6.34. The lowest BCUT2D eigenvalue weighted by molar-refractivity contribution is 0.474. The highest BCUT2D eigenvalue weighted by molar-refractivity contribution is 7.89. The molecule has 0 heterocycles. The molecule has 0 bridgehead atoms. The number of halogens is 2. The van der Waals surface area contributed by atoms with Crippen LogP contribution in [0.2, 0.25) is 10.0 Å². The van der Waals surface area contributed by atoms with E-state index in [9.17, 15) is 13.5 Å². The number of rotatable bonds is 4. The number of nitrogens with zero attached hydrogens (tertiary/aromatic N) is 1. The van der Waals surface area contributed by atoms with E-state index in [-0.39, 0.29) is 10.6 Å². The van der Waals surface area contributed by atoms with Crippen LogP contribution in [0.1, 0.15) is 5.56 Å². The fourth-order valence-electron chi connectivity index (χ4n) is 1.46. The molecule has 0 radical (unpaired) electrons. The van der Waals surface area contributed by atoms with E-state index in [0.29, 0.717) is 15.6 Å². The fourth-order valence-corrected chi connectivity index (χ4v) is 2.56. The first-order valence-corrected chi connectivity index (χ1v) is 7.91. The van der Waals surface area contributed by atoms with Crippen LogP contribution in [-0.4, -0.2) is 19.7 Å². The minimum Gasteiger partial charge on any atom is -0.507 e. The van der Waals surface area contributed by atoms with Crippen LogP contribution >= 0.6 is 23.2 Å². The van der Waals surface area contributed by atoms with Crippen LogP contribution in [0.25, 0.3) is 0 Å². The lowest BCUT2D eigenvalue weighted by Crippen LogP contribution is -2.18. The van der Waals surface area contributed by atoms with E-state index < -0.39 is 10.0 Å². The molecule has 0 saturated carbocycles. The number of aromatic hydroxyl groups is 1. The maximum Gasteiger partial charge on any atom is 0.276 e. The highest BCUT2D eigenvalue weighted by Crippen LogP contribution is 2.19. The molecule has 110 valence electrons. The van der Waals surface area contributed by atoms with Gasteiger partial charge in [0.15, 0.2) is 0 Å². The van der Waals surface area contributed by atoms with Crippen LogP contribution in [0, 0.1) is 0 Å². The van der Waals surface area contributed by atoms with Crippen LogP contribution in [0.15, 0.2) is 52.5 Å². The third-order valence-corrected chi connectivity index (χ3v) is 4.22. The lowest BCUT2D eigenvalue weighted by atomic mass is 10.2. The number of phenolic OH excluding ortho intramolecular Hbond substituents is 1. The van der Waals surface area contributed by atoms with E-state index in [0.717, 1.165) is 6.21 Å². The molecule has 0 aliphatic carbocycles. The molecule has 2 aromatic rings. The molecule has 2 rings (SSSR count). The zero-order valence-electron chi connectivity index (χ0n) is 10.5. The standard InChI is InChI=1S/C13H10Cl2N2O3S/c14-10-1-4-12(5-2-10)21(19,20)17-16-8-9-7-11(15)3-6-13(9)18/h1-8,17-18H. The van der Waals surface area contributed by atoms with Gasteiger partial charge in [0.1, 0.15) is 5.75 Å². The normalized spacial score (nSPS) is 11.7. The van der Waals surface area contributed by atoms with Gasteiger partial charge in [-0.3, -0.25) is 0 Å². The van der Waals surface area contributed by atoms with Gasteiger partial charge in [-0.25, -0.2) is 4.83 Å². The molecule has 8 heteroatoms. The van der Waals surface area contributed by atoms with Crippen molar-refractivity contribution in [1.82, 2.24) is 4.83 Å². The van der Waals surface area contributed by atoms with Gasteiger partial charge in [0, 0.05) is 15.6 Å². The van der Waals surface area contributed by atoms with Gasteiger partial charge >= 0.3 is 0 Å². The summed E-state index contributed by atoms with van der Waals surface area (Å²) < 4.78 is 23.9. The summed E-state index contributed by atoms with van der Waals surface area (Å²) in [6, 6.07) is 9.99. The summed E-state index contributed by atoms with van der Waals surface area (Å²) >= 11 is 11.5. The summed E-state index contributed by atoms with van der Waals surface area (Å²) in [4.78, 5) is 2.06. The minimum atomic E-state index is -3.79. The average Bonchev–Trinajstić information content (AvgIpc) is 2.43. The second-order valence-corrected chi connectivity index (χ2v) is 6.54. The first-order valence-electron chi connectivity index (χ1n) is 5.67. The number of hydrogen-bond acceptors (Lipinski definition) is 4. The molecule has 5 nitrogen and oxygen atoms in total. The lowest BCUT2D eigenvalue weighted by Gasteiger charge is -2.03. The van der Waals surface area contributed by atoms with Crippen molar-refractivity contribution in [3.05, 3.63) is 58.1 Å². The summed E-state index contributed by atoms with van der Waals surface area (Å²) in [6.45, 7) is 0. The SMILES string of the molecule is O=S(=O)(NN=Cc1cc(Cl)ccc1O)c1ccc(Cl)cc1. The number of nitrogens with one attached hydrogen (secondary N) is 1. The number of hydrogen-bond donors (Lipinski definition) is 2. The highest BCUT2D eigenvalue weighted by Gasteiger charge is 2.12. The van der Waals surface area contributed by atoms with Crippen LogP contribution in [-0.2, 0) is 10.0 Å². The van der Waals surface area contributed by atoms with E-state index in [1.165, 1.54) is 42.5 Å². The first-order chi connectivity index (χ1) is 9.88. The minimum absolute atomic E-state index is 0.0272. The molecule has 0 spiro atoms. The predicted molar refractivity (Wildman–Crippen MR) is 82.5 cm³/mol. The van der Waals surface area contributed by atoms with Gasteiger partial charge in [0.25, 0.3) is 10.0 Å². The van der Waals surface area contributed by atoms with E-state index in [2.05, 4.69) is 5.10 Å². The monoisotopic (exact) mass is 344 g/mol. The Kier molecular flexibility index (Phi) is 4.72. The van der Waals surface area contributed by atoms with Gasteiger partial charge in [0.05, 0.1) is 11.1 Å². The quantitative estimate of drug-likeness (QED) is 0.660. The molecule has 2 N–H and O–H groups in total. The Bertz CT molecular complexity index is 775. The smallest absolute Gasteiger partial charge is 0.276 e. The number of benzene rings is 2. The van der Waals surface area contributed by atoms with Crippen LogP contribution in [0.3, 0.4) is 0 Å². The summed E-state index contributed by atoms with van der Waals surface area (Å²) in [6.07, 6.45) is 1.16. The third kappa shape index (κ3) is 4.10. The van der Waals surface area contributed by atoms with Crippen molar-refractivity contribution in [2.24, 2.45) is 5.10 Å². The summed E-state index contributed by atoms with van der Waals surface area (Å²) in [5.41, 5.74) is 0.293. The number of sulfonamides is 1. The van der Waals surface area contributed by atoms with E-state index in [1.807, 2.05) is 4.83 Å². The van der Waals surface area contributed by atoms with Gasteiger partial charge < -0.3 is 5.11 Å². The Hall–Kier alpha value is -1.76. The maximum absolute atomic E-state index is 11.9. The molecular formula is C13H10Cl2N2O3S. The predicted octanol–water partition coefficient (Wildman–Crippen LogP) is 3.01. The molecule has 0 saturated heterocycles. The highest BCUT2D eigenvalue weighted by atomic mass is 35.5. The Morgan fingerprint density at radius 3 is 2.33 bits per heavy atom. The average molecular weight is 345 g/mol. The van der Waals surface area contributed by atoms with Crippen molar-refractivity contribution in [2.45, 2.75) is 4.90 Å². The van der Waals surface area contributed by atoms with E-state index >= 15 is 0 Å². The van der Waals surface area contributed by atoms with Crippen molar-refractivity contribution >= 4 is 39.4 Å². The summed E-state index contributed by atoms with van der Waals surface area (Å²) in [5.74, 6) is -0.0613. The molecule has 0 aromatic heterocycles. The molecule has 0 atom stereocenters. The van der Waals surface area contributed by atoms with Crippen LogP contribution < -0.4 is 4.83 Å². The van der Waals surface area contributed by atoms with Gasteiger partial charge in [-0.2, -0.15) is 13.5 Å². The van der Waals surface area contributed by atoms with Gasteiger partial charge in [-0.15, -0.1) is 0 Å². The molecular weight excluding hydrogens is 335 g/mol. The van der Waals surface area contributed by atoms with Crippen LogP contribution in [0.5, 0.6) is 5.75 Å². The molecule has 0 aliphatic rings. The third-order valence-electron chi connectivity index (χ3n) is 2.49. The van der Waals surface area contributed by atoms with Crippen molar-refractivity contribution in [1.29, 1.82) is 0 Å². The number of hydrazone groups is 1. The Morgan fingerprint density at radius 1 is 1.05 bits per heavy atom. The molecule has 2 aromatic carbocycles. The second-order valence-electron chi connectivity index (χ2n) is 4.01. The largest absolute Gasteiger partial charge is 0.507 e. The topological polar surface area (TPSA) is 78.8 Å². The van der Waals surface area contributed by atoms with Gasteiger partial charge in [0.2, 0.25) is 0 Å². The molecule has 0 aliphatic heterocycles. The fraction of sp³-hybridized carbons (Fsp3) is 0. The van der Waals surface area contributed by atoms with Crippen molar-refractivity contribution < 1.29 is 13.5 Å². The molecule has 0 fully saturated rings. The first kappa shape index (κ1) is 15.6. The zero-order chi connectivity index (χ0) is 15.5. The Labute approximate surface area is 131 Å². The molecule has 21 heavy (non-hydrogen) atoms. The van der Waals surface area contributed by atoms with Crippen molar-refractivity contribution in [3.8, 4) is 5.75 Å². The van der Waals surface area contributed by atoms with Crippen molar-refractivity contribution in [2.75, 3.05) is 0 Å². The zero-order valence-corrected chi connectivity index (χ0v) is 12.8. The Balaban J connectivity index is 2.16. The van der Waals surface area contributed by atoms with E-state index in [4.69, 9.17) is 23.2 Å². The molecule has 0 amide bonds. The van der Waals surface area contributed by atoms with Crippen LogP contribution in [0.4, 0.5) is 0 Å².